The summed E-state index contributed by atoms with van der Waals surface area (Å²) < 4.78 is 0. The predicted molar refractivity (Wildman–Crippen MR) is 72.2 cm³/mol. The van der Waals surface area contributed by atoms with E-state index in [9.17, 15) is 9.59 Å². The Labute approximate surface area is 112 Å². The van der Waals surface area contributed by atoms with Crippen molar-refractivity contribution in [2.75, 3.05) is 0 Å². The second-order valence-electron chi connectivity index (χ2n) is 4.77. The van der Waals surface area contributed by atoms with Crippen molar-refractivity contribution in [3.63, 3.8) is 0 Å². The molecule has 0 bridgehead atoms. The van der Waals surface area contributed by atoms with Gasteiger partial charge < -0.3 is 0 Å². The molecule has 1 aromatic rings. The van der Waals surface area contributed by atoms with E-state index in [2.05, 4.69) is 0 Å². The van der Waals surface area contributed by atoms with Crippen LogP contribution >= 0.6 is 11.3 Å². The normalized spacial score (nSPS) is 19.0. The molecule has 0 spiro atoms. The molecule has 0 aromatic carbocycles. The van der Waals surface area contributed by atoms with E-state index in [1.807, 2.05) is 16.8 Å². The zero-order valence-corrected chi connectivity index (χ0v) is 11.4. The molecular weight excluding hydrogens is 246 g/mol. The van der Waals surface area contributed by atoms with E-state index in [0.29, 0.717) is 19.4 Å². The molecule has 2 rings (SSSR count). The van der Waals surface area contributed by atoms with Crippen molar-refractivity contribution in [3.05, 3.63) is 22.4 Å². The Balaban J connectivity index is 2.05. The van der Waals surface area contributed by atoms with Crippen LogP contribution in [-0.2, 0) is 16.1 Å². The van der Waals surface area contributed by atoms with Crippen molar-refractivity contribution < 1.29 is 9.59 Å². The fourth-order valence-corrected chi connectivity index (χ4v) is 2.89. The molecule has 4 heteroatoms. The number of hydrogen-bond donors (Lipinski definition) is 0. The highest BCUT2D eigenvalue weighted by molar-refractivity contribution is 7.07. The summed E-state index contributed by atoms with van der Waals surface area (Å²) in [5.41, 5.74) is 1.05. The van der Waals surface area contributed by atoms with Gasteiger partial charge in [-0.15, -0.1) is 0 Å². The number of hydrogen-bond acceptors (Lipinski definition) is 3. The van der Waals surface area contributed by atoms with Gasteiger partial charge >= 0.3 is 0 Å². The van der Waals surface area contributed by atoms with Gasteiger partial charge in [0.2, 0.25) is 11.8 Å². The van der Waals surface area contributed by atoms with Gasteiger partial charge in [-0.1, -0.05) is 19.3 Å². The minimum absolute atomic E-state index is 0.00639. The molecule has 0 aliphatic carbocycles. The summed E-state index contributed by atoms with van der Waals surface area (Å²) in [4.78, 5) is 25.6. The number of amides is 2. The molecule has 1 aliphatic rings. The predicted octanol–water partition coefficient (Wildman–Crippen LogP) is 3.35. The molecule has 0 unspecified atom stereocenters. The second kappa shape index (κ2) is 6.69. The van der Waals surface area contributed by atoms with E-state index >= 15 is 0 Å². The molecule has 2 heterocycles. The number of imide groups is 1. The van der Waals surface area contributed by atoms with Crippen LogP contribution in [-0.4, -0.2) is 16.7 Å². The van der Waals surface area contributed by atoms with Crippen LogP contribution in [0.1, 0.15) is 50.5 Å². The quantitative estimate of drug-likeness (QED) is 0.769. The van der Waals surface area contributed by atoms with Crippen LogP contribution in [0, 0.1) is 0 Å². The van der Waals surface area contributed by atoms with Gasteiger partial charge in [-0.3, -0.25) is 14.5 Å². The lowest BCUT2D eigenvalue weighted by atomic mass is 10.1. The van der Waals surface area contributed by atoms with Gasteiger partial charge in [0, 0.05) is 12.8 Å². The van der Waals surface area contributed by atoms with Crippen LogP contribution < -0.4 is 0 Å². The maximum absolute atomic E-state index is 12.1. The summed E-state index contributed by atoms with van der Waals surface area (Å²) in [6.45, 7) is 0.446. The van der Waals surface area contributed by atoms with Crippen LogP contribution in [0.2, 0.25) is 0 Å². The Bertz CT molecular complexity index is 380. The lowest BCUT2D eigenvalue weighted by Crippen LogP contribution is -2.36. The first-order chi connectivity index (χ1) is 8.77. The summed E-state index contributed by atoms with van der Waals surface area (Å²) in [5, 5.41) is 3.98. The van der Waals surface area contributed by atoms with Gasteiger partial charge in [0.25, 0.3) is 0 Å². The average Bonchev–Trinajstić information content (AvgIpc) is 2.86. The summed E-state index contributed by atoms with van der Waals surface area (Å²) in [6.07, 6.45) is 6.19. The Morgan fingerprint density at radius 3 is 2.17 bits per heavy atom. The first-order valence-corrected chi connectivity index (χ1v) is 7.56. The molecule has 3 nitrogen and oxygen atoms in total. The highest BCUT2D eigenvalue weighted by Crippen LogP contribution is 2.17. The SMILES string of the molecule is O=C1CCCCCCCC(=O)N1Cc1ccsc1. The molecule has 1 saturated heterocycles. The molecule has 18 heavy (non-hydrogen) atoms. The molecule has 0 atom stereocenters. The molecule has 0 radical (unpaired) electrons. The Hall–Kier alpha value is -1.16. The van der Waals surface area contributed by atoms with E-state index in [1.165, 1.54) is 4.90 Å². The first-order valence-electron chi connectivity index (χ1n) is 6.61. The fraction of sp³-hybridized carbons (Fsp3) is 0.571. The molecule has 0 N–H and O–H groups in total. The van der Waals surface area contributed by atoms with E-state index in [1.54, 1.807) is 11.3 Å². The molecule has 1 fully saturated rings. The second-order valence-corrected chi connectivity index (χ2v) is 5.55. The van der Waals surface area contributed by atoms with Crippen molar-refractivity contribution in [1.82, 2.24) is 4.90 Å². The molecule has 1 aliphatic heterocycles. The summed E-state index contributed by atoms with van der Waals surface area (Å²) in [5.74, 6) is -0.0128. The highest BCUT2D eigenvalue weighted by Gasteiger charge is 2.21. The third-order valence-electron chi connectivity index (χ3n) is 3.30. The van der Waals surface area contributed by atoms with Crippen molar-refractivity contribution >= 4 is 23.2 Å². The molecular formula is C14H19NO2S. The molecule has 1 aromatic heterocycles. The largest absolute Gasteiger partial charge is 0.278 e. The first kappa shape index (κ1) is 13.3. The summed E-state index contributed by atoms with van der Waals surface area (Å²) in [6, 6.07) is 1.98. The van der Waals surface area contributed by atoms with Crippen LogP contribution in [0.4, 0.5) is 0 Å². The molecule has 2 amide bonds. The third kappa shape index (κ3) is 3.67. The Morgan fingerprint density at radius 2 is 1.61 bits per heavy atom. The zero-order valence-electron chi connectivity index (χ0n) is 10.6. The molecule has 98 valence electrons. The number of carbonyl (C=O) groups is 2. The van der Waals surface area contributed by atoms with Gasteiger partial charge in [-0.05, 0) is 35.2 Å². The summed E-state index contributed by atoms with van der Waals surface area (Å²) >= 11 is 1.60. The fourth-order valence-electron chi connectivity index (χ4n) is 2.23. The number of carbonyl (C=O) groups excluding carboxylic acids is 2. The van der Waals surface area contributed by atoms with Crippen LogP contribution in [0.15, 0.2) is 16.8 Å². The lowest BCUT2D eigenvalue weighted by Gasteiger charge is -2.21. The number of nitrogens with zero attached hydrogens (tertiary/aromatic N) is 1. The van der Waals surface area contributed by atoms with Gasteiger partial charge in [0.1, 0.15) is 0 Å². The van der Waals surface area contributed by atoms with Crippen molar-refractivity contribution in [3.8, 4) is 0 Å². The van der Waals surface area contributed by atoms with Crippen LogP contribution in [0.25, 0.3) is 0 Å². The van der Waals surface area contributed by atoms with E-state index in [-0.39, 0.29) is 11.8 Å². The van der Waals surface area contributed by atoms with E-state index < -0.39 is 0 Å². The third-order valence-corrected chi connectivity index (χ3v) is 4.04. The minimum Gasteiger partial charge on any atom is -0.278 e. The Kier molecular flexibility index (Phi) is 4.93. The maximum Gasteiger partial charge on any atom is 0.229 e. The Morgan fingerprint density at radius 1 is 1.00 bits per heavy atom. The topological polar surface area (TPSA) is 37.4 Å². The standard InChI is InChI=1S/C14H19NO2S/c16-13-6-4-2-1-3-5-7-14(17)15(13)10-12-8-9-18-11-12/h8-9,11H,1-7,10H2. The minimum atomic E-state index is -0.00639. The highest BCUT2D eigenvalue weighted by atomic mass is 32.1. The van der Waals surface area contributed by atoms with Gasteiger partial charge in [-0.25, -0.2) is 0 Å². The lowest BCUT2D eigenvalue weighted by molar-refractivity contribution is -0.145. The number of thiophene rings is 1. The monoisotopic (exact) mass is 265 g/mol. The van der Waals surface area contributed by atoms with Gasteiger partial charge in [0.15, 0.2) is 0 Å². The number of rotatable bonds is 2. The van der Waals surface area contributed by atoms with Crippen molar-refractivity contribution in [2.24, 2.45) is 0 Å². The summed E-state index contributed by atoms with van der Waals surface area (Å²) in [7, 11) is 0. The van der Waals surface area contributed by atoms with E-state index in [4.69, 9.17) is 0 Å². The zero-order chi connectivity index (χ0) is 12.8. The van der Waals surface area contributed by atoms with Gasteiger partial charge in [-0.2, -0.15) is 11.3 Å². The van der Waals surface area contributed by atoms with Crippen molar-refractivity contribution in [1.29, 1.82) is 0 Å². The van der Waals surface area contributed by atoms with Crippen LogP contribution in [0.5, 0.6) is 0 Å². The molecule has 0 saturated carbocycles. The maximum atomic E-state index is 12.1. The van der Waals surface area contributed by atoms with Gasteiger partial charge in [0.05, 0.1) is 6.54 Å². The smallest absolute Gasteiger partial charge is 0.229 e. The van der Waals surface area contributed by atoms with Crippen molar-refractivity contribution in [2.45, 2.75) is 51.5 Å². The average molecular weight is 265 g/mol. The van der Waals surface area contributed by atoms with E-state index in [0.717, 1.165) is 37.7 Å². The van der Waals surface area contributed by atoms with Crippen LogP contribution in [0.3, 0.4) is 0 Å².